The third kappa shape index (κ3) is 4.38. The number of hydrogen-bond donors (Lipinski definition) is 1. The van der Waals surface area contributed by atoms with Crippen LogP contribution in [0.3, 0.4) is 0 Å². The van der Waals surface area contributed by atoms with Gasteiger partial charge in [-0.1, -0.05) is 11.6 Å². The first kappa shape index (κ1) is 11.2. The van der Waals surface area contributed by atoms with Crippen molar-refractivity contribution < 1.29 is 8.42 Å². The fourth-order valence-corrected chi connectivity index (χ4v) is 1.41. The Bertz CT molecular complexity index is 407. The van der Waals surface area contributed by atoms with Crippen molar-refractivity contribution in [2.24, 2.45) is 0 Å². The predicted octanol–water partition coefficient (Wildman–Crippen LogP) is 0.586. The van der Waals surface area contributed by atoms with Crippen LogP contribution in [0.4, 0.5) is 5.82 Å². The Balaban J connectivity index is 2.47. The van der Waals surface area contributed by atoms with Crippen LogP contribution >= 0.6 is 11.6 Å². The van der Waals surface area contributed by atoms with E-state index >= 15 is 0 Å². The average molecular weight is 236 g/mol. The third-order valence-corrected chi connectivity index (χ3v) is 2.51. The molecule has 1 heterocycles. The molecule has 0 amide bonds. The molecule has 0 bridgehead atoms. The Labute approximate surface area is 87.4 Å². The first-order valence-corrected chi connectivity index (χ1v) is 6.30. The quantitative estimate of drug-likeness (QED) is 0.827. The molecule has 0 radical (unpaired) electrons. The van der Waals surface area contributed by atoms with Gasteiger partial charge in [0.05, 0.1) is 18.1 Å². The maximum Gasteiger partial charge on any atom is 0.149 e. The lowest BCUT2D eigenvalue weighted by atomic mass is 10.6. The number of sulfone groups is 1. The highest BCUT2D eigenvalue weighted by molar-refractivity contribution is 7.90. The number of aromatic nitrogens is 2. The molecule has 0 fully saturated rings. The van der Waals surface area contributed by atoms with Crippen molar-refractivity contribution in [1.82, 2.24) is 9.97 Å². The molecule has 1 N–H and O–H groups in total. The summed E-state index contributed by atoms with van der Waals surface area (Å²) in [6, 6.07) is 0. The van der Waals surface area contributed by atoms with Gasteiger partial charge in [-0.15, -0.1) is 0 Å². The van der Waals surface area contributed by atoms with Gasteiger partial charge >= 0.3 is 0 Å². The summed E-state index contributed by atoms with van der Waals surface area (Å²) in [5.41, 5.74) is 0. The summed E-state index contributed by atoms with van der Waals surface area (Å²) in [4.78, 5) is 7.68. The van der Waals surface area contributed by atoms with Gasteiger partial charge in [-0.2, -0.15) is 0 Å². The number of rotatable bonds is 4. The van der Waals surface area contributed by atoms with Crippen molar-refractivity contribution in [2.45, 2.75) is 0 Å². The Morgan fingerprint density at radius 3 is 2.79 bits per heavy atom. The van der Waals surface area contributed by atoms with Crippen LogP contribution in [0.2, 0.25) is 5.15 Å². The molecule has 0 aliphatic rings. The summed E-state index contributed by atoms with van der Waals surface area (Å²) in [6.45, 7) is 0.299. The maximum atomic E-state index is 10.8. The molecule has 0 saturated carbocycles. The Kier molecular flexibility index (Phi) is 3.65. The highest BCUT2D eigenvalue weighted by atomic mass is 35.5. The Morgan fingerprint density at radius 1 is 1.50 bits per heavy atom. The standard InChI is InChI=1S/C7H10ClN3O2S/c1-14(12,13)3-2-10-7-5-9-4-6(8)11-7/h4-5H,2-3H2,1H3,(H,10,11). The number of anilines is 1. The van der Waals surface area contributed by atoms with Crippen LogP contribution in [0.1, 0.15) is 0 Å². The van der Waals surface area contributed by atoms with Crippen LogP contribution in [-0.4, -0.2) is 36.9 Å². The predicted molar refractivity (Wildman–Crippen MR) is 55.2 cm³/mol. The van der Waals surface area contributed by atoms with E-state index in [0.717, 1.165) is 0 Å². The molecule has 1 rings (SSSR count). The summed E-state index contributed by atoms with van der Waals surface area (Å²) >= 11 is 5.58. The fraction of sp³-hybridized carbons (Fsp3) is 0.429. The van der Waals surface area contributed by atoms with E-state index in [9.17, 15) is 8.42 Å². The molecule has 1 aromatic rings. The zero-order valence-electron chi connectivity index (χ0n) is 7.57. The van der Waals surface area contributed by atoms with Gasteiger partial charge in [0.15, 0.2) is 0 Å². The molecule has 0 aliphatic carbocycles. The van der Waals surface area contributed by atoms with Gasteiger partial charge < -0.3 is 5.32 Å². The van der Waals surface area contributed by atoms with E-state index < -0.39 is 9.84 Å². The topological polar surface area (TPSA) is 72.0 Å². The minimum absolute atomic E-state index is 0.0567. The van der Waals surface area contributed by atoms with E-state index in [-0.39, 0.29) is 10.9 Å². The van der Waals surface area contributed by atoms with E-state index in [1.807, 2.05) is 0 Å². The second-order valence-electron chi connectivity index (χ2n) is 2.78. The number of hydrogen-bond acceptors (Lipinski definition) is 5. The first-order chi connectivity index (χ1) is 6.47. The molecule has 7 heteroatoms. The number of nitrogens with zero attached hydrogens (tertiary/aromatic N) is 2. The van der Waals surface area contributed by atoms with Gasteiger partial charge in [-0.05, 0) is 0 Å². The summed E-state index contributed by atoms with van der Waals surface area (Å²) in [7, 11) is -2.95. The van der Waals surface area contributed by atoms with Crippen LogP contribution in [0.25, 0.3) is 0 Å². The summed E-state index contributed by atoms with van der Waals surface area (Å²) < 4.78 is 21.6. The van der Waals surface area contributed by atoms with Gasteiger partial charge in [0.25, 0.3) is 0 Å². The van der Waals surface area contributed by atoms with Crippen molar-refractivity contribution in [3.05, 3.63) is 17.5 Å². The molecule has 78 valence electrons. The highest BCUT2D eigenvalue weighted by Crippen LogP contribution is 2.05. The van der Waals surface area contributed by atoms with E-state index in [0.29, 0.717) is 12.4 Å². The molecule has 1 aromatic heterocycles. The molecule has 0 atom stereocenters. The second-order valence-corrected chi connectivity index (χ2v) is 5.43. The van der Waals surface area contributed by atoms with E-state index in [1.165, 1.54) is 18.6 Å². The molecule has 0 saturated heterocycles. The number of nitrogens with one attached hydrogen (secondary N) is 1. The third-order valence-electron chi connectivity index (χ3n) is 1.38. The van der Waals surface area contributed by atoms with Crippen molar-refractivity contribution in [3.8, 4) is 0 Å². The molecule has 14 heavy (non-hydrogen) atoms. The zero-order chi connectivity index (χ0) is 10.6. The van der Waals surface area contributed by atoms with Gasteiger partial charge in [-0.25, -0.2) is 13.4 Å². The summed E-state index contributed by atoms with van der Waals surface area (Å²) in [5, 5.41) is 3.08. The lowest BCUT2D eigenvalue weighted by Gasteiger charge is -2.03. The van der Waals surface area contributed by atoms with Gasteiger partial charge in [0.2, 0.25) is 0 Å². The fourth-order valence-electron chi connectivity index (χ4n) is 0.792. The smallest absolute Gasteiger partial charge is 0.149 e. The van der Waals surface area contributed by atoms with Crippen molar-refractivity contribution in [1.29, 1.82) is 0 Å². The molecular weight excluding hydrogens is 226 g/mol. The van der Waals surface area contributed by atoms with Crippen LogP contribution in [0.15, 0.2) is 12.4 Å². The lowest BCUT2D eigenvalue weighted by molar-refractivity contribution is 0.602. The average Bonchev–Trinajstić information content (AvgIpc) is 2.01. The van der Waals surface area contributed by atoms with Gasteiger partial charge in [0, 0.05) is 12.8 Å². The maximum absolute atomic E-state index is 10.8. The van der Waals surface area contributed by atoms with Gasteiger partial charge in [0.1, 0.15) is 20.8 Å². The molecular formula is C7H10ClN3O2S. The highest BCUT2D eigenvalue weighted by Gasteiger charge is 2.01. The van der Waals surface area contributed by atoms with Crippen molar-refractivity contribution in [2.75, 3.05) is 23.9 Å². The van der Waals surface area contributed by atoms with E-state index in [2.05, 4.69) is 15.3 Å². The minimum Gasteiger partial charge on any atom is -0.368 e. The molecule has 0 aliphatic heterocycles. The summed E-state index contributed by atoms with van der Waals surface area (Å²) in [6.07, 6.45) is 4.07. The molecule has 5 nitrogen and oxygen atoms in total. The zero-order valence-corrected chi connectivity index (χ0v) is 9.14. The van der Waals surface area contributed by atoms with Crippen LogP contribution < -0.4 is 5.32 Å². The van der Waals surface area contributed by atoms with Crippen LogP contribution in [0, 0.1) is 0 Å². The van der Waals surface area contributed by atoms with Crippen LogP contribution in [-0.2, 0) is 9.84 Å². The molecule has 0 unspecified atom stereocenters. The first-order valence-electron chi connectivity index (χ1n) is 3.86. The Morgan fingerprint density at radius 2 is 2.21 bits per heavy atom. The molecule has 0 spiro atoms. The SMILES string of the molecule is CS(=O)(=O)CCNc1cncc(Cl)n1. The Hall–Kier alpha value is -0.880. The number of halogens is 1. The largest absolute Gasteiger partial charge is 0.368 e. The monoisotopic (exact) mass is 235 g/mol. The lowest BCUT2D eigenvalue weighted by Crippen LogP contribution is -2.14. The molecule has 0 aromatic carbocycles. The van der Waals surface area contributed by atoms with Crippen molar-refractivity contribution in [3.63, 3.8) is 0 Å². The summed E-state index contributed by atoms with van der Waals surface area (Å²) in [5.74, 6) is 0.530. The van der Waals surface area contributed by atoms with Crippen molar-refractivity contribution >= 4 is 27.3 Å². The van der Waals surface area contributed by atoms with Gasteiger partial charge in [-0.3, -0.25) is 4.98 Å². The normalized spacial score (nSPS) is 11.3. The second kappa shape index (κ2) is 4.56. The van der Waals surface area contributed by atoms with E-state index in [1.54, 1.807) is 0 Å². The van der Waals surface area contributed by atoms with E-state index in [4.69, 9.17) is 11.6 Å². The van der Waals surface area contributed by atoms with Crippen LogP contribution in [0.5, 0.6) is 0 Å². The minimum atomic E-state index is -2.95.